The van der Waals surface area contributed by atoms with E-state index in [1.807, 2.05) is 12.1 Å². The molecule has 2 rings (SSSR count). The van der Waals surface area contributed by atoms with Gasteiger partial charge in [0, 0.05) is 17.2 Å². The molecule has 2 aromatic rings. The Balaban J connectivity index is 2.08. The van der Waals surface area contributed by atoms with Crippen molar-refractivity contribution in [1.29, 1.82) is 0 Å². The van der Waals surface area contributed by atoms with Crippen LogP contribution in [0.25, 0.3) is 0 Å². The van der Waals surface area contributed by atoms with Crippen LogP contribution in [0.5, 0.6) is 11.6 Å². The fourth-order valence-corrected chi connectivity index (χ4v) is 1.73. The minimum atomic E-state index is 0.303. The van der Waals surface area contributed by atoms with Gasteiger partial charge in [0.2, 0.25) is 5.88 Å². The van der Waals surface area contributed by atoms with Gasteiger partial charge < -0.3 is 9.47 Å². The van der Waals surface area contributed by atoms with Gasteiger partial charge in [0.1, 0.15) is 12.4 Å². The maximum absolute atomic E-state index is 5.99. The monoisotopic (exact) mass is 283 g/mol. The number of methoxy groups -OCH3 is 1. The van der Waals surface area contributed by atoms with Gasteiger partial charge in [-0.3, -0.25) is 0 Å². The highest BCUT2D eigenvalue weighted by molar-refractivity contribution is 6.34. The first-order valence-corrected chi connectivity index (χ1v) is 6.02. The van der Waals surface area contributed by atoms with E-state index in [0.29, 0.717) is 28.3 Å². The molecule has 0 aliphatic heterocycles. The number of halogens is 2. The Morgan fingerprint density at radius 1 is 1.17 bits per heavy atom. The fraction of sp³-hybridized carbons (Fsp3) is 0.154. The van der Waals surface area contributed by atoms with Crippen LogP contribution in [0.3, 0.4) is 0 Å². The van der Waals surface area contributed by atoms with Crippen molar-refractivity contribution in [3.05, 3.63) is 52.1 Å². The van der Waals surface area contributed by atoms with Crippen molar-refractivity contribution in [3.63, 3.8) is 0 Å². The number of aromatic nitrogens is 1. The first-order chi connectivity index (χ1) is 8.69. The maximum Gasteiger partial charge on any atom is 0.213 e. The lowest BCUT2D eigenvalue weighted by atomic mass is 10.3. The quantitative estimate of drug-likeness (QED) is 0.851. The molecule has 0 N–H and O–H groups in total. The van der Waals surface area contributed by atoms with Crippen LogP contribution >= 0.6 is 23.2 Å². The van der Waals surface area contributed by atoms with Crippen LogP contribution in [0.2, 0.25) is 10.0 Å². The van der Waals surface area contributed by atoms with Crippen molar-refractivity contribution in [2.45, 2.75) is 6.61 Å². The largest absolute Gasteiger partial charge is 0.486 e. The first-order valence-electron chi connectivity index (χ1n) is 5.27. The second kappa shape index (κ2) is 5.94. The van der Waals surface area contributed by atoms with Crippen LogP contribution in [0, 0.1) is 0 Å². The highest BCUT2D eigenvalue weighted by Gasteiger charge is 2.04. The van der Waals surface area contributed by atoms with E-state index < -0.39 is 0 Å². The van der Waals surface area contributed by atoms with Crippen molar-refractivity contribution in [2.24, 2.45) is 0 Å². The van der Waals surface area contributed by atoms with Gasteiger partial charge in [-0.25, -0.2) is 4.98 Å². The Hall–Kier alpha value is -1.45. The molecule has 0 spiro atoms. The van der Waals surface area contributed by atoms with E-state index in [-0.39, 0.29) is 0 Å². The van der Waals surface area contributed by atoms with E-state index >= 15 is 0 Å². The first kappa shape index (κ1) is 13.0. The Bertz CT molecular complexity index is 546. The molecule has 0 saturated carbocycles. The lowest BCUT2D eigenvalue weighted by Gasteiger charge is -2.08. The van der Waals surface area contributed by atoms with Crippen molar-refractivity contribution >= 4 is 23.2 Å². The summed E-state index contributed by atoms with van der Waals surface area (Å²) in [7, 11) is 1.57. The summed E-state index contributed by atoms with van der Waals surface area (Å²) < 4.78 is 10.6. The Morgan fingerprint density at radius 3 is 2.78 bits per heavy atom. The average Bonchev–Trinajstić information content (AvgIpc) is 2.40. The Labute approximate surface area is 115 Å². The van der Waals surface area contributed by atoms with E-state index in [0.717, 1.165) is 5.69 Å². The summed E-state index contributed by atoms with van der Waals surface area (Å²) in [6, 6.07) is 10.5. The van der Waals surface area contributed by atoms with Gasteiger partial charge in [0.25, 0.3) is 0 Å². The molecule has 1 aromatic heterocycles. The average molecular weight is 284 g/mol. The summed E-state index contributed by atoms with van der Waals surface area (Å²) in [6.07, 6.45) is 0. The zero-order valence-electron chi connectivity index (χ0n) is 9.69. The van der Waals surface area contributed by atoms with Gasteiger partial charge in [-0.05, 0) is 18.2 Å². The molecule has 0 aliphatic rings. The van der Waals surface area contributed by atoms with Gasteiger partial charge in [-0.15, -0.1) is 0 Å². The molecule has 0 atom stereocenters. The second-order valence-electron chi connectivity index (χ2n) is 3.53. The normalized spacial score (nSPS) is 10.2. The van der Waals surface area contributed by atoms with Gasteiger partial charge in [0.15, 0.2) is 0 Å². The molecule has 5 heteroatoms. The number of benzene rings is 1. The minimum Gasteiger partial charge on any atom is -0.486 e. The SMILES string of the molecule is COc1cccc(COc2cc(Cl)ccc2Cl)n1. The summed E-state index contributed by atoms with van der Waals surface area (Å²) in [6.45, 7) is 0.303. The van der Waals surface area contributed by atoms with E-state index in [2.05, 4.69) is 4.98 Å². The number of ether oxygens (including phenoxy) is 2. The molecule has 3 nitrogen and oxygen atoms in total. The number of hydrogen-bond acceptors (Lipinski definition) is 3. The van der Waals surface area contributed by atoms with Gasteiger partial charge in [-0.2, -0.15) is 0 Å². The van der Waals surface area contributed by atoms with Crippen molar-refractivity contribution in [2.75, 3.05) is 7.11 Å². The summed E-state index contributed by atoms with van der Waals surface area (Å²) >= 11 is 11.9. The third-order valence-electron chi connectivity index (χ3n) is 2.26. The lowest BCUT2D eigenvalue weighted by molar-refractivity contribution is 0.298. The molecule has 0 aliphatic carbocycles. The van der Waals surface area contributed by atoms with E-state index in [4.69, 9.17) is 32.7 Å². The highest BCUT2D eigenvalue weighted by Crippen LogP contribution is 2.28. The Kier molecular flexibility index (Phi) is 4.28. The smallest absolute Gasteiger partial charge is 0.213 e. The summed E-state index contributed by atoms with van der Waals surface area (Å²) in [5.74, 6) is 1.09. The molecule has 18 heavy (non-hydrogen) atoms. The van der Waals surface area contributed by atoms with E-state index in [1.165, 1.54) is 0 Å². The fourth-order valence-electron chi connectivity index (χ4n) is 1.39. The summed E-state index contributed by atoms with van der Waals surface area (Å²) in [5, 5.41) is 1.09. The Morgan fingerprint density at radius 2 is 2.00 bits per heavy atom. The molecule has 0 radical (unpaired) electrons. The molecule has 1 aromatic carbocycles. The minimum absolute atomic E-state index is 0.303. The zero-order chi connectivity index (χ0) is 13.0. The second-order valence-corrected chi connectivity index (χ2v) is 4.38. The van der Waals surface area contributed by atoms with Crippen molar-refractivity contribution < 1.29 is 9.47 Å². The molecule has 1 heterocycles. The lowest BCUT2D eigenvalue weighted by Crippen LogP contribution is -1.99. The van der Waals surface area contributed by atoms with Gasteiger partial charge >= 0.3 is 0 Å². The molecule has 0 fully saturated rings. The predicted molar refractivity (Wildman–Crippen MR) is 71.6 cm³/mol. The number of rotatable bonds is 4. The van der Waals surface area contributed by atoms with Crippen LogP contribution in [-0.4, -0.2) is 12.1 Å². The maximum atomic E-state index is 5.99. The van der Waals surface area contributed by atoms with Crippen LogP contribution < -0.4 is 9.47 Å². The molecule has 0 unspecified atom stereocenters. The molecule has 0 bridgehead atoms. The summed E-state index contributed by atoms with van der Waals surface area (Å²) in [5.41, 5.74) is 0.755. The van der Waals surface area contributed by atoms with Crippen molar-refractivity contribution in [3.8, 4) is 11.6 Å². The van der Waals surface area contributed by atoms with Gasteiger partial charge in [-0.1, -0.05) is 29.3 Å². The number of pyridine rings is 1. The molecule has 0 amide bonds. The molecule has 0 saturated heterocycles. The topological polar surface area (TPSA) is 31.4 Å². The number of hydrogen-bond donors (Lipinski definition) is 0. The standard InChI is InChI=1S/C13H11Cl2NO2/c1-17-13-4-2-3-10(16-13)8-18-12-7-9(14)5-6-11(12)15/h2-7H,8H2,1H3. The molecular formula is C13H11Cl2NO2. The molecule has 94 valence electrons. The van der Waals surface area contributed by atoms with Crippen LogP contribution in [0.1, 0.15) is 5.69 Å². The van der Waals surface area contributed by atoms with E-state index in [9.17, 15) is 0 Å². The van der Waals surface area contributed by atoms with Crippen molar-refractivity contribution in [1.82, 2.24) is 4.98 Å². The summed E-state index contributed by atoms with van der Waals surface area (Å²) in [4.78, 5) is 4.24. The van der Waals surface area contributed by atoms with Crippen LogP contribution in [-0.2, 0) is 6.61 Å². The number of nitrogens with zero attached hydrogens (tertiary/aromatic N) is 1. The van der Waals surface area contributed by atoms with Gasteiger partial charge in [0.05, 0.1) is 17.8 Å². The zero-order valence-corrected chi connectivity index (χ0v) is 11.2. The van der Waals surface area contributed by atoms with Crippen LogP contribution in [0.15, 0.2) is 36.4 Å². The van der Waals surface area contributed by atoms with Crippen LogP contribution in [0.4, 0.5) is 0 Å². The highest BCUT2D eigenvalue weighted by atomic mass is 35.5. The predicted octanol–water partition coefficient (Wildman–Crippen LogP) is 3.98. The van der Waals surface area contributed by atoms with E-state index in [1.54, 1.807) is 31.4 Å². The third-order valence-corrected chi connectivity index (χ3v) is 2.81. The molecular weight excluding hydrogens is 273 g/mol. The third kappa shape index (κ3) is 3.28.